The van der Waals surface area contributed by atoms with Gasteiger partial charge in [-0.15, -0.1) is 0 Å². The van der Waals surface area contributed by atoms with Gasteiger partial charge in [-0.25, -0.2) is 0 Å². The molecule has 0 aliphatic carbocycles. The van der Waals surface area contributed by atoms with Crippen LogP contribution in [0.3, 0.4) is 0 Å². The summed E-state index contributed by atoms with van der Waals surface area (Å²) in [5.41, 5.74) is 2.01. The number of benzene rings is 1. The van der Waals surface area contributed by atoms with E-state index in [0.29, 0.717) is 6.61 Å². The number of aliphatic imine (C=N–C) groups is 1. The van der Waals surface area contributed by atoms with E-state index in [1.54, 1.807) is 6.92 Å². The topological polar surface area (TPSA) is 38.7 Å². The molecule has 0 saturated heterocycles. The number of hydrogen-bond acceptors (Lipinski definition) is 3. The van der Waals surface area contributed by atoms with Gasteiger partial charge in [0, 0.05) is 5.71 Å². The molecule has 3 nitrogen and oxygen atoms in total. The Kier molecular flexibility index (Phi) is 5.40. The Bertz CT molecular complexity index is 382. The molecular formula is C14H19NO2. The molecular weight excluding hydrogens is 214 g/mol. The van der Waals surface area contributed by atoms with Gasteiger partial charge in [0.2, 0.25) is 0 Å². The average molecular weight is 233 g/mol. The van der Waals surface area contributed by atoms with Crippen molar-refractivity contribution in [3.8, 4) is 0 Å². The van der Waals surface area contributed by atoms with Gasteiger partial charge in [0.05, 0.1) is 6.61 Å². The molecule has 17 heavy (non-hydrogen) atoms. The van der Waals surface area contributed by atoms with Gasteiger partial charge in [0.1, 0.15) is 6.54 Å². The maximum atomic E-state index is 11.3. The summed E-state index contributed by atoms with van der Waals surface area (Å²) in [5.74, 6) is 0.00778. The minimum Gasteiger partial charge on any atom is -0.465 e. The van der Waals surface area contributed by atoms with Crippen molar-refractivity contribution in [2.45, 2.75) is 20.8 Å². The van der Waals surface area contributed by atoms with Crippen LogP contribution in [0.4, 0.5) is 0 Å². The zero-order valence-electron chi connectivity index (χ0n) is 10.6. The first-order valence-electron chi connectivity index (χ1n) is 5.90. The van der Waals surface area contributed by atoms with E-state index >= 15 is 0 Å². The highest BCUT2D eigenvalue weighted by molar-refractivity contribution is 6.02. The normalized spacial score (nSPS) is 11.6. The molecule has 0 aliphatic rings. The molecule has 0 N–H and O–H groups in total. The fourth-order valence-electron chi connectivity index (χ4n) is 1.57. The lowest BCUT2D eigenvalue weighted by atomic mass is 10.00. The molecule has 1 aromatic rings. The third-order valence-electron chi connectivity index (χ3n) is 2.30. The molecule has 0 aromatic heterocycles. The Hall–Kier alpha value is -1.64. The Morgan fingerprint density at radius 3 is 2.47 bits per heavy atom. The smallest absolute Gasteiger partial charge is 0.327 e. The van der Waals surface area contributed by atoms with E-state index in [9.17, 15) is 4.79 Å². The third kappa shape index (κ3) is 4.39. The van der Waals surface area contributed by atoms with Crippen molar-refractivity contribution in [2.75, 3.05) is 13.2 Å². The van der Waals surface area contributed by atoms with Crippen LogP contribution < -0.4 is 0 Å². The molecule has 0 radical (unpaired) electrons. The summed E-state index contributed by atoms with van der Waals surface area (Å²) in [6.45, 7) is 6.42. The fourth-order valence-corrected chi connectivity index (χ4v) is 1.57. The minimum atomic E-state index is -0.276. The second kappa shape index (κ2) is 6.84. The number of hydrogen-bond donors (Lipinski definition) is 0. The first kappa shape index (κ1) is 13.4. The SMILES string of the molecule is CCOC(=O)CN=C(c1ccccc1)C(C)C. The van der Waals surface area contributed by atoms with Gasteiger partial charge in [0.15, 0.2) is 0 Å². The number of esters is 1. The van der Waals surface area contributed by atoms with Crippen molar-refractivity contribution in [1.29, 1.82) is 0 Å². The van der Waals surface area contributed by atoms with E-state index in [2.05, 4.69) is 18.8 Å². The van der Waals surface area contributed by atoms with Gasteiger partial charge in [-0.2, -0.15) is 0 Å². The molecule has 1 rings (SSSR count). The third-order valence-corrected chi connectivity index (χ3v) is 2.30. The number of ether oxygens (including phenoxy) is 1. The molecule has 3 heteroatoms. The van der Waals surface area contributed by atoms with Crippen LogP contribution in [0.15, 0.2) is 35.3 Å². The van der Waals surface area contributed by atoms with Gasteiger partial charge in [-0.1, -0.05) is 44.2 Å². The van der Waals surface area contributed by atoms with Crippen molar-refractivity contribution in [3.05, 3.63) is 35.9 Å². The van der Waals surface area contributed by atoms with Crippen LogP contribution in [0, 0.1) is 5.92 Å². The summed E-state index contributed by atoms with van der Waals surface area (Å²) in [7, 11) is 0. The van der Waals surface area contributed by atoms with Crippen LogP contribution in [0.1, 0.15) is 26.3 Å². The standard InChI is InChI=1S/C14H19NO2/c1-4-17-13(16)10-15-14(11(2)3)12-8-6-5-7-9-12/h5-9,11H,4,10H2,1-3H3. The van der Waals surface area contributed by atoms with E-state index in [4.69, 9.17) is 4.74 Å². The lowest BCUT2D eigenvalue weighted by Gasteiger charge is -2.10. The summed E-state index contributed by atoms with van der Waals surface area (Å²) in [4.78, 5) is 15.6. The molecule has 0 amide bonds. The van der Waals surface area contributed by atoms with Gasteiger partial charge in [-0.05, 0) is 18.4 Å². The lowest BCUT2D eigenvalue weighted by molar-refractivity contribution is -0.141. The van der Waals surface area contributed by atoms with Crippen LogP contribution in [-0.4, -0.2) is 24.8 Å². The van der Waals surface area contributed by atoms with Gasteiger partial charge >= 0.3 is 5.97 Å². The minimum absolute atomic E-state index is 0.0935. The molecule has 0 spiro atoms. The molecule has 92 valence electrons. The van der Waals surface area contributed by atoms with E-state index in [0.717, 1.165) is 11.3 Å². The van der Waals surface area contributed by atoms with E-state index in [1.807, 2.05) is 30.3 Å². The van der Waals surface area contributed by atoms with Crippen LogP contribution in [0.25, 0.3) is 0 Å². The van der Waals surface area contributed by atoms with Gasteiger partial charge in [-0.3, -0.25) is 9.79 Å². The summed E-state index contributed by atoms with van der Waals surface area (Å²) >= 11 is 0. The monoisotopic (exact) mass is 233 g/mol. The van der Waals surface area contributed by atoms with Crippen LogP contribution in [-0.2, 0) is 9.53 Å². The Labute approximate surface area is 103 Å². The summed E-state index contributed by atoms with van der Waals surface area (Å²) in [6.07, 6.45) is 0. The number of rotatable bonds is 5. The van der Waals surface area contributed by atoms with Crippen molar-refractivity contribution >= 4 is 11.7 Å². The van der Waals surface area contributed by atoms with Crippen LogP contribution in [0.2, 0.25) is 0 Å². The quantitative estimate of drug-likeness (QED) is 0.579. The highest BCUT2D eigenvalue weighted by Crippen LogP contribution is 2.09. The van der Waals surface area contributed by atoms with Crippen molar-refractivity contribution in [2.24, 2.45) is 10.9 Å². The van der Waals surface area contributed by atoms with E-state index in [1.165, 1.54) is 0 Å². The molecule has 0 bridgehead atoms. The second-order valence-corrected chi connectivity index (χ2v) is 4.03. The molecule has 0 unspecified atom stereocenters. The highest BCUT2D eigenvalue weighted by atomic mass is 16.5. The van der Waals surface area contributed by atoms with E-state index < -0.39 is 0 Å². The first-order chi connectivity index (χ1) is 8.15. The highest BCUT2D eigenvalue weighted by Gasteiger charge is 2.09. The predicted molar refractivity (Wildman–Crippen MR) is 69.3 cm³/mol. The number of nitrogens with zero attached hydrogens (tertiary/aromatic N) is 1. The Morgan fingerprint density at radius 1 is 1.29 bits per heavy atom. The molecule has 0 saturated carbocycles. The van der Waals surface area contributed by atoms with Crippen LogP contribution >= 0.6 is 0 Å². The lowest BCUT2D eigenvalue weighted by Crippen LogP contribution is -2.14. The molecule has 0 fully saturated rings. The average Bonchev–Trinajstić information content (AvgIpc) is 2.30. The summed E-state index contributed by atoms with van der Waals surface area (Å²) in [5, 5.41) is 0. The van der Waals surface area contributed by atoms with Gasteiger partial charge < -0.3 is 4.74 Å². The Morgan fingerprint density at radius 2 is 1.94 bits per heavy atom. The van der Waals surface area contributed by atoms with E-state index in [-0.39, 0.29) is 18.4 Å². The zero-order chi connectivity index (χ0) is 12.7. The summed E-state index contributed by atoms with van der Waals surface area (Å²) in [6, 6.07) is 9.91. The molecule has 1 aromatic carbocycles. The first-order valence-corrected chi connectivity index (χ1v) is 5.90. The van der Waals surface area contributed by atoms with Crippen molar-refractivity contribution < 1.29 is 9.53 Å². The summed E-state index contributed by atoms with van der Waals surface area (Å²) < 4.78 is 4.86. The van der Waals surface area contributed by atoms with Crippen molar-refractivity contribution in [1.82, 2.24) is 0 Å². The second-order valence-electron chi connectivity index (χ2n) is 4.03. The maximum Gasteiger partial charge on any atom is 0.327 e. The fraction of sp³-hybridized carbons (Fsp3) is 0.429. The largest absolute Gasteiger partial charge is 0.465 e. The molecule has 0 aliphatic heterocycles. The van der Waals surface area contributed by atoms with Gasteiger partial charge in [0.25, 0.3) is 0 Å². The predicted octanol–water partition coefficient (Wildman–Crippen LogP) is 2.69. The molecule has 0 heterocycles. The molecule has 0 atom stereocenters. The Balaban J connectivity index is 2.80. The maximum absolute atomic E-state index is 11.3. The number of carbonyl (C=O) groups excluding carboxylic acids is 1. The van der Waals surface area contributed by atoms with Crippen molar-refractivity contribution in [3.63, 3.8) is 0 Å². The zero-order valence-corrected chi connectivity index (χ0v) is 10.6. The van der Waals surface area contributed by atoms with Crippen LogP contribution in [0.5, 0.6) is 0 Å². The number of carbonyl (C=O) groups is 1.